The summed E-state index contributed by atoms with van der Waals surface area (Å²) < 4.78 is 0. The number of anilines is 1. The highest BCUT2D eigenvalue weighted by molar-refractivity contribution is 7.09. The second kappa shape index (κ2) is 8.61. The van der Waals surface area contributed by atoms with Crippen LogP contribution in [-0.4, -0.2) is 29.9 Å². The molecule has 0 aliphatic rings. The van der Waals surface area contributed by atoms with E-state index in [2.05, 4.69) is 10.6 Å². The average molecular weight is 345 g/mol. The van der Waals surface area contributed by atoms with Gasteiger partial charge in [0.15, 0.2) is 0 Å². The molecule has 128 valence electrons. The molecular formula is C18H23N3O2S. The number of carbonyl (C=O) groups excluding carboxylic acids is 2. The number of hydrogen-bond donors (Lipinski definition) is 2. The molecule has 0 aliphatic carbocycles. The Bertz CT molecular complexity index is 698. The van der Waals surface area contributed by atoms with E-state index in [4.69, 9.17) is 0 Å². The lowest BCUT2D eigenvalue weighted by molar-refractivity contribution is -0.121. The SMILES string of the molecule is CCN(CC(=O)NC(=O)Nc1cccc(C)c1C)Cc1cccs1. The number of carbonyl (C=O) groups is 2. The molecule has 0 atom stereocenters. The summed E-state index contributed by atoms with van der Waals surface area (Å²) in [7, 11) is 0. The van der Waals surface area contributed by atoms with Gasteiger partial charge in [0.2, 0.25) is 5.91 Å². The molecule has 2 rings (SSSR count). The molecule has 2 aromatic rings. The van der Waals surface area contributed by atoms with Gasteiger partial charge in [-0.3, -0.25) is 15.0 Å². The molecule has 24 heavy (non-hydrogen) atoms. The van der Waals surface area contributed by atoms with Gasteiger partial charge in [0, 0.05) is 17.1 Å². The predicted octanol–water partition coefficient (Wildman–Crippen LogP) is 3.54. The zero-order chi connectivity index (χ0) is 17.5. The van der Waals surface area contributed by atoms with Crippen molar-refractivity contribution >= 4 is 29.0 Å². The van der Waals surface area contributed by atoms with Crippen molar-refractivity contribution in [1.29, 1.82) is 0 Å². The number of rotatable bonds is 6. The van der Waals surface area contributed by atoms with Gasteiger partial charge in [0.05, 0.1) is 6.54 Å². The first-order chi connectivity index (χ1) is 11.5. The second-order valence-corrected chi connectivity index (χ2v) is 6.66. The van der Waals surface area contributed by atoms with E-state index in [1.54, 1.807) is 11.3 Å². The Kier molecular flexibility index (Phi) is 6.52. The zero-order valence-corrected chi connectivity index (χ0v) is 15.1. The summed E-state index contributed by atoms with van der Waals surface area (Å²) in [6.07, 6.45) is 0. The van der Waals surface area contributed by atoms with Gasteiger partial charge in [0.25, 0.3) is 0 Å². The zero-order valence-electron chi connectivity index (χ0n) is 14.3. The third kappa shape index (κ3) is 5.18. The Morgan fingerprint density at radius 1 is 1.17 bits per heavy atom. The van der Waals surface area contributed by atoms with E-state index < -0.39 is 6.03 Å². The molecular weight excluding hydrogens is 322 g/mol. The van der Waals surface area contributed by atoms with Crippen LogP contribution in [-0.2, 0) is 11.3 Å². The molecule has 0 fully saturated rings. The van der Waals surface area contributed by atoms with Gasteiger partial charge in [-0.05, 0) is 49.0 Å². The van der Waals surface area contributed by atoms with Crippen molar-refractivity contribution in [2.75, 3.05) is 18.4 Å². The minimum Gasteiger partial charge on any atom is -0.307 e. The Morgan fingerprint density at radius 2 is 1.96 bits per heavy atom. The molecule has 0 saturated carbocycles. The number of nitrogens with one attached hydrogen (secondary N) is 2. The molecule has 0 aliphatic heterocycles. The first-order valence-electron chi connectivity index (χ1n) is 7.91. The minimum atomic E-state index is -0.499. The number of amides is 3. The molecule has 0 bridgehead atoms. The summed E-state index contributed by atoms with van der Waals surface area (Å²) in [6.45, 7) is 7.55. The molecule has 0 saturated heterocycles. The molecule has 1 aromatic heterocycles. The second-order valence-electron chi connectivity index (χ2n) is 5.63. The quantitative estimate of drug-likeness (QED) is 0.842. The molecule has 0 unspecified atom stereocenters. The molecule has 0 spiro atoms. The van der Waals surface area contributed by atoms with Crippen LogP contribution in [0.15, 0.2) is 35.7 Å². The maximum Gasteiger partial charge on any atom is 0.325 e. The van der Waals surface area contributed by atoms with Crippen LogP contribution >= 0.6 is 11.3 Å². The first-order valence-corrected chi connectivity index (χ1v) is 8.79. The number of aryl methyl sites for hydroxylation is 1. The topological polar surface area (TPSA) is 61.4 Å². The number of nitrogens with zero attached hydrogens (tertiary/aromatic N) is 1. The van der Waals surface area contributed by atoms with E-state index in [0.29, 0.717) is 12.2 Å². The lowest BCUT2D eigenvalue weighted by atomic mass is 10.1. The number of hydrogen-bond acceptors (Lipinski definition) is 4. The van der Waals surface area contributed by atoms with Gasteiger partial charge in [-0.15, -0.1) is 11.3 Å². The van der Waals surface area contributed by atoms with Crippen LogP contribution in [0.3, 0.4) is 0 Å². The van der Waals surface area contributed by atoms with Crippen molar-refractivity contribution in [2.45, 2.75) is 27.3 Å². The van der Waals surface area contributed by atoms with E-state index in [-0.39, 0.29) is 12.5 Å². The van der Waals surface area contributed by atoms with Gasteiger partial charge in [-0.25, -0.2) is 4.79 Å². The van der Waals surface area contributed by atoms with Crippen molar-refractivity contribution in [3.05, 3.63) is 51.7 Å². The number of imide groups is 1. The standard InChI is InChI=1S/C18H23N3O2S/c1-4-21(11-15-8-6-10-24-15)12-17(22)20-18(23)19-16-9-5-7-13(2)14(16)3/h5-10H,4,11-12H2,1-3H3,(H2,19,20,22,23). The normalized spacial score (nSPS) is 10.7. The summed E-state index contributed by atoms with van der Waals surface area (Å²) in [5, 5.41) is 7.14. The van der Waals surface area contributed by atoms with Crippen LogP contribution < -0.4 is 10.6 Å². The van der Waals surface area contributed by atoms with Crippen LogP contribution in [0.5, 0.6) is 0 Å². The van der Waals surface area contributed by atoms with Gasteiger partial charge in [0.1, 0.15) is 0 Å². The molecule has 1 aromatic carbocycles. The fourth-order valence-electron chi connectivity index (χ4n) is 2.31. The highest BCUT2D eigenvalue weighted by Crippen LogP contribution is 2.17. The van der Waals surface area contributed by atoms with Gasteiger partial charge in [-0.2, -0.15) is 0 Å². The summed E-state index contributed by atoms with van der Waals surface area (Å²) in [6, 6.07) is 9.21. The molecule has 6 heteroatoms. The number of thiophene rings is 1. The largest absolute Gasteiger partial charge is 0.325 e. The third-order valence-electron chi connectivity index (χ3n) is 3.88. The van der Waals surface area contributed by atoms with E-state index in [1.807, 2.05) is 61.4 Å². The van der Waals surface area contributed by atoms with Crippen LogP contribution in [0.4, 0.5) is 10.5 Å². The summed E-state index contributed by atoms with van der Waals surface area (Å²) in [4.78, 5) is 27.3. The lowest BCUT2D eigenvalue weighted by Crippen LogP contribution is -2.41. The van der Waals surface area contributed by atoms with E-state index in [0.717, 1.165) is 17.7 Å². The fraction of sp³-hybridized carbons (Fsp3) is 0.333. The Hall–Kier alpha value is -2.18. The third-order valence-corrected chi connectivity index (χ3v) is 4.74. The molecule has 2 N–H and O–H groups in total. The van der Waals surface area contributed by atoms with Crippen molar-refractivity contribution in [1.82, 2.24) is 10.2 Å². The Labute approximate surface area is 146 Å². The van der Waals surface area contributed by atoms with Crippen molar-refractivity contribution in [3.8, 4) is 0 Å². The highest BCUT2D eigenvalue weighted by Gasteiger charge is 2.13. The average Bonchev–Trinajstić information content (AvgIpc) is 3.04. The van der Waals surface area contributed by atoms with Gasteiger partial charge in [-0.1, -0.05) is 25.1 Å². The van der Waals surface area contributed by atoms with E-state index >= 15 is 0 Å². The maximum atomic E-state index is 12.1. The Balaban J connectivity index is 1.86. The van der Waals surface area contributed by atoms with Crippen LogP contribution in [0.1, 0.15) is 22.9 Å². The van der Waals surface area contributed by atoms with Crippen LogP contribution in [0, 0.1) is 13.8 Å². The van der Waals surface area contributed by atoms with E-state index in [1.165, 1.54) is 4.88 Å². The van der Waals surface area contributed by atoms with Gasteiger partial charge >= 0.3 is 6.03 Å². The number of benzene rings is 1. The summed E-state index contributed by atoms with van der Waals surface area (Å²) in [5.41, 5.74) is 2.80. The van der Waals surface area contributed by atoms with E-state index in [9.17, 15) is 9.59 Å². The van der Waals surface area contributed by atoms with Gasteiger partial charge < -0.3 is 5.32 Å². The monoisotopic (exact) mass is 345 g/mol. The van der Waals surface area contributed by atoms with Crippen molar-refractivity contribution in [3.63, 3.8) is 0 Å². The summed E-state index contributed by atoms with van der Waals surface area (Å²) >= 11 is 1.66. The first kappa shape index (κ1) is 18.2. The smallest absolute Gasteiger partial charge is 0.307 e. The predicted molar refractivity (Wildman–Crippen MR) is 98.3 cm³/mol. The number of urea groups is 1. The summed E-state index contributed by atoms with van der Waals surface area (Å²) in [5.74, 6) is -0.309. The number of likely N-dealkylation sites (N-methyl/N-ethyl adjacent to an activating group) is 1. The maximum absolute atomic E-state index is 12.1. The molecule has 1 heterocycles. The van der Waals surface area contributed by atoms with Crippen molar-refractivity contribution < 1.29 is 9.59 Å². The fourth-order valence-corrected chi connectivity index (χ4v) is 3.06. The molecule has 3 amide bonds. The highest BCUT2D eigenvalue weighted by atomic mass is 32.1. The minimum absolute atomic E-state index is 0.189. The van der Waals surface area contributed by atoms with Crippen LogP contribution in [0.2, 0.25) is 0 Å². The molecule has 0 radical (unpaired) electrons. The van der Waals surface area contributed by atoms with Crippen molar-refractivity contribution in [2.24, 2.45) is 0 Å². The molecule has 5 nitrogen and oxygen atoms in total. The Morgan fingerprint density at radius 3 is 2.62 bits per heavy atom. The van der Waals surface area contributed by atoms with Crippen LogP contribution in [0.25, 0.3) is 0 Å². The lowest BCUT2D eigenvalue weighted by Gasteiger charge is -2.19.